The second-order valence-electron chi connectivity index (χ2n) is 6.73. The molecule has 1 aliphatic rings. The van der Waals surface area contributed by atoms with Gasteiger partial charge in [0.25, 0.3) is 0 Å². The van der Waals surface area contributed by atoms with Crippen molar-refractivity contribution in [2.24, 2.45) is 0 Å². The predicted molar refractivity (Wildman–Crippen MR) is 105 cm³/mol. The van der Waals surface area contributed by atoms with Crippen molar-refractivity contribution >= 4 is 12.0 Å². The molecule has 0 aliphatic heterocycles. The molecule has 0 saturated heterocycles. The maximum atomic E-state index is 11.3. The average Bonchev–Trinajstić information content (AvgIpc) is 3.13. The number of aryl methyl sites for hydroxylation is 1. The molecule has 142 valence electrons. The summed E-state index contributed by atoms with van der Waals surface area (Å²) in [7, 11) is 1.38. The van der Waals surface area contributed by atoms with Crippen LogP contribution >= 0.6 is 0 Å². The van der Waals surface area contributed by atoms with Crippen LogP contribution in [0.25, 0.3) is 6.08 Å². The first-order valence-electron chi connectivity index (χ1n) is 9.34. The molecule has 0 radical (unpaired) electrons. The number of fused-ring (bicyclic) bond motifs is 1. The number of carbonyl (C=O) groups excluding carboxylic acids is 1. The van der Waals surface area contributed by atoms with Crippen LogP contribution in [0.2, 0.25) is 0 Å². The third-order valence-corrected chi connectivity index (χ3v) is 5.09. The Hall–Kier alpha value is -2.50. The molecule has 1 N–H and O–H groups in total. The Morgan fingerprint density at radius 2 is 2.11 bits per heavy atom. The van der Waals surface area contributed by atoms with Crippen molar-refractivity contribution in [2.45, 2.75) is 25.3 Å². The minimum absolute atomic E-state index is 0.155. The molecule has 1 unspecified atom stereocenters. The number of aromatic nitrogens is 1. The number of aliphatic hydroxyl groups is 1. The second-order valence-corrected chi connectivity index (χ2v) is 6.73. The lowest BCUT2D eigenvalue weighted by atomic mass is 10.0. The minimum Gasteiger partial charge on any atom is -0.466 e. The summed E-state index contributed by atoms with van der Waals surface area (Å²) in [6.07, 6.45) is 9.87. The van der Waals surface area contributed by atoms with E-state index in [1.54, 1.807) is 6.08 Å². The van der Waals surface area contributed by atoms with Crippen LogP contribution in [0.4, 0.5) is 0 Å². The van der Waals surface area contributed by atoms with Gasteiger partial charge in [-0.05, 0) is 59.7 Å². The lowest BCUT2D eigenvalue weighted by Gasteiger charge is -2.29. The number of carbonyl (C=O) groups is 1. The third kappa shape index (κ3) is 5.02. The van der Waals surface area contributed by atoms with Gasteiger partial charge >= 0.3 is 5.97 Å². The Labute approximate surface area is 160 Å². The van der Waals surface area contributed by atoms with E-state index in [1.807, 2.05) is 30.6 Å². The monoisotopic (exact) mass is 366 g/mol. The van der Waals surface area contributed by atoms with Crippen LogP contribution in [0.15, 0.2) is 48.8 Å². The molecule has 5 heteroatoms. The standard InChI is InChI=1S/C22H26N2O3/c1-27-22(26)7-3-18-2-5-20-19(16-18)4-6-21(20)24(14-15-25)13-10-17-8-11-23-12-9-17/h2-3,5,7-9,11-12,16,21,25H,4,6,10,13-15H2,1H3/b7-3+. The van der Waals surface area contributed by atoms with Crippen molar-refractivity contribution in [3.05, 3.63) is 71.1 Å². The first-order chi connectivity index (χ1) is 13.2. The highest BCUT2D eigenvalue weighted by Gasteiger charge is 2.27. The van der Waals surface area contributed by atoms with Gasteiger partial charge in [0.05, 0.1) is 13.7 Å². The number of nitrogens with zero attached hydrogens (tertiary/aromatic N) is 2. The highest BCUT2D eigenvalue weighted by atomic mass is 16.5. The van der Waals surface area contributed by atoms with Crippen LogP contribution in [0.1, 0.15) is 34.7 Å². The van der Waals surface area contributed by atoms with Gasteiger partial charge in [0, 0.05) is 37.6 Å². The van der Waals surface area contributed by atoms with Gasteiger partial charge in [0.15, 0.2) is 0 Å². The van der Waals surface area contributed by atoms with Crippen molar-refractivity contribution < 1.29 is 14.6 Å². The summed E-state index contributed by atoms with van der Waals surface area (Å²) >= 11 is 0. The van der Waals surface area contributed by atoms with Gasteiger partial charge in [-0.15, -0.1) is 0 Å². The number of ether oxygens (including phenoxy) is 1. The largest absolute Gasteiger partial charge is 0.466 e. The molecule has 0 fully saturated rings. The molecule has 1 aliphatic carbocycles. The Bertz CT molecular complexity index is 789. The van der Waals surface area contributed by atoms with Crippen molar-refractivity contribution in [1.82, 2.24) is 9.88 Å². The molecule has 3 rings (SSSR count). The lowest BCUT2D eigenvalue weighted by molar-refractivity contribution is -0.134. The number of pyridine rings is 1. The number of hydrogen-bond donors (Lipinski definition) is 1. The van der Waals surface area contributed by atoms with Gasteiger partial charge in [0.2, 0.25) is 0 Å². The topological polar surface area (TPSA) is 62.7 Å². The van der Waals surface area contributed by atoms with E-state index >= 15 is 0 Å². The first-order valence-corrected chi connectivity index (χ1v) is 9.34. The molecular weight excluding hydrogens is 340 g/mol. The Kier molecular flexibility index (Phi) is 6.74. The molecule has 0 amide bonds. The van der Waals surface area contributed by atoms with E-state index in [4.69, 9.17) is 0 Å². The molecule has 27 heavy (non-hydrogen) atoms. The van der Waals surface area contributed by atoms with E-state index in [9.17, 15) is 9.90 Å². The Morgan fingerprint density at radius 1 is 1.30 bits per heavy atom. The molecule has 1 atom stereocenters. The minimum atomic E-state index is -0.349. The molecule has 5 nitrogen and oxygen atoms in total. The summed E-state index contributed by atoms with van der Waals surface area (Å²) in [4.78, 5) is 17.7. The smallest absolute Gasteiger partial charge is 0.330 e. The summed E-state index contributed by atoms with van der Waals surface area (Å²) < 4.78 is 4.64. The molecular formula is C22H26N2O3. The highest BCUT2D eigenvalue weighted by Crippen LogP contribution is 2.36. The fraction of sp³-hybridized carbons (Fsp3) is 0.364. The molecule has 1 aromatic carbocycles. The highest BCUT2D eigenvalue weighted by molar-refractivity contribution is 5.86. The fourth-order valence-corrected chi connectivity index (χ4v) is 3.70. The number of esters is 1. The number of methoxy groups -OCH3 is 1. The van der Waals surface area contributed by atoms with Gasteiger partial charge < -0.3 is 9.84 Å². The Morgan fingerprint density at radius 3 is 2.85 bits per heavy atom. The number of benzene rings is 1. The van der Waals surface area contributed by atoms with Gasteiger partial charge in [-0.25, -0.2) is 4.79 Å². The first kappa shape index (κ1) is 19.3. The molecule has 0 saturated carbocycles. The third-order valence-electron chi connectivity index (χ3n) is 5.09. The maximum Gasteiger partial charge on any atom is 0.330 e. The van der Waals surface area contributed by atoms with Crippen LogP contribution in [0, 0.1) is 0 Å². The summed E-state index contributed by atoms with van der Waals surface area (Å²) in [5, 5.41) is 9.53. The van der Waals surface area contributed by atoms with Crippen molar-refractivity contribution in [1.29, 1.82) is 0 Å². The molecule has 2 aromatic rings. The van der Waals surface area contributed by atoms with Crippen molar-refractivity contribution in [2.75, 3.05) is 26.8 Å². The van der Waals surface area contributed by atoms with E-state index in [0.717, 1.165) is 31.4 Å². The van der Waals surface area contributed by atoms with Crippen LogP contribution < -0.4 is 0 Å². The van der Waals surface area contributed by atoms with Crippen molar-refractivity contribution in [3.63, 3.8) is 0 Å². The fourth-order valence-electron chi connectivity index (χ4n) is 3.70. The summed E-state index contributed by atoms with van der Waals surface area (Å²) in [6, 6.07) is 10.7. The molecule has 1 heterocycles. The van der Waals surface area contributed by atoms with Crippen molar-refractivity contribution in [3.8, 4) is 0 Å². The maximum absolute atomic E-state index is 11.3. The van der Waals surface area contributed by atoms with Crippen LogP contribution in [0.3, 0.4) is 0 Å². The van der Waals surface area contributed by atoms with Crippen LogP contribution in [-0.4, -0.2) is 47.8 Å². The van der Waals surface area contributed by atoms with E-state index < -0.39 is 0 Å². The zero-order valence-electron chi connectivity index (χ0n) is 15.7. The van der Waals surface area contributed by atoms with E-state index in [1.165, 1.54) is 29.9 Å². The van der Waals surface area contributed by atoms with E-state index in [-0.39, 0.29) is 12.6 Å². The summed E-state index contributed by atoms with van der Waals surface area (Å²) in [5.41, 5.74) is 4.91. The normalized spacial score (nSPS) is 16.0. The van der Waals surface area contributed by atoms with Gasteiger partial charge in [-0.1, -0.05) is 18.2 Å². The second kappa shape index (κ2) is 9.44. The van der Waals surface area contributed by atoms with E-state index in [2.05, 4.69) is 26.8 Å². The molecule has 0 spiro atoms. The lowest BCUT2D eigenvalue weighted by Crippen LogP contribution is -2.32. The van der Waals surface area contributed by atoms with Gasteiger partial charge in [-0.3, -0.25) is 9.88 Å². The quantitative estimate of drug-likeness (QED) is 0.575. The number of aliphatic hydroxyl groups excluding tert-OH is 1. The predicted octanol–water partition coefficient (Wildman–Crippen LogP) is 2.79. The van der Waals surface area contributed by atoms with Gasteiger partial charge in [-0.2, -0.15) is 0 Å². The summed E-state index contributed by atoms with van der Waals surface area (Å²) in [6.45, 7) is 1.72. The molecule has 1 aromatic heterocycles. The average molecular weight is 366 g/mol. The Balaban J connectivity index is 1.71. The number of rotatable bonds is 8. The summed E-state index contributed by atoms with van der Waals surface area (Å²) in [5.74, 6) is -0.349. The molecule has 0 bridgehead atoms. The zero-order chi connectivity index (χ0) is 19.1. The van der Waals surface area contributed by atoms with E-state index in [0.29, 0.717) is 12.6 Å². The number of hydrogen-bond acceptors (Lipinski definition) is 5. The zero-order valence-corrected chi connectivity index (χ0v) is 15.7. The van der Waals surface area contributed by atoms with Gasteiger partial charge in [0.1, 0.15) is 0 Å². The van der Waals surface area contributed by atoms with Crippen LogP contribution in [-0.2, 0) is 22.4 Å². The van der Waals surface area contributed by atoms with Crippen LogP contribution in [0.5, 0.6) is 0 Å². The SMILES string of the molecule is COC(=O)/C=C/c1ccc2c(c1)CCC2N(CCO)CCc1ccncc1.